The highest BCUT2D eigenvalue weighted by Crippen LogP contribution is 2.67. The zero-order valence-corrected chi connectivity index (χ0v) is 24.1. The fourth-order valence-electron chi connectivity index (χ4n) is 9.20. The van der Waals surface area contributed by atoms with Gasteiger partial charge in [-0.25, -0.2) is 0 Å². The summed E-state index contributed by atoms with van der Waals surface area (Å²) in [5.74, 6) is -3.63. The Balaban J connectivity index is 1.55. The maximum Gasteiger partial charge on any atom is 0.144 e. The Labute approximate surface area is 237 Å². The largest absolute Gasteiger partial charge is 0.386 e. The fraction of sp³-hybridized carbons (Fsp3) is 0.571. The number of allylic oxidation sites excluding steroid dienone is 8. The minimum Gasteiger partial charge on any atom is -0.386 e. The zero-order valence-electron chi connectivity index (χ0n) is 24.1. The monoisotopic (exact) mass is 542 g/mol. The number of rotatable bonds is 3. The van der Waals surface area contributed by atoms with Crippen LogP contribution in [0.4, 0.5) is 0 Å². The van der Waals surface area contributed by atoms with Crippen LogP contribution >= 0.6 is 0 Å². The summed E-state index contributed by atoms with van der Waals surface area (Å²) < 4.78 is 0. The molecule has 2 N–H and O–H groups in total. The van der Waals surface area contributed by atoms with Crippen LogP contribution in [-0.2, 0) is 14.4 Å². The third kappa shape index (κ3) is 4.07. The van der Waals surface area contributed by atoms with Gasteiger partial charge in [-0.15, -0.1) is 6.58 Å². The lowest BCUT2D eigenvalue weighted by Gasteiger charge is -2.46. The van der Waals surface area contributed by atoms with E-state index < -0.39 is 40.8 Å². The molecule has 13 unspecified atom stereocenters. The normalized spacial score (nSPS) is 48.4. The van der Waals surface area contributed by atoms with Crippen LogP contribution in [0.25, 0.3) is 0 Å². The fourth-order valence-corrected chi connectivity index (χ4v) is 9.20. The number of fused-ring (bicyclic) bond motifs is 10. The summed E-state index contributed by atoms with van der Waals surface area (Å²) >= 11 is 0. The van der Waals surface area contributed by atoms with E-state index in [-0.39, 0.29) is 64.2 Å². The predicted octanol–water partition coefficient (Wildman–Crippen LogP) is 4.68. The molecule has 0 saturated heterocycles. The number of Topliss-reactive ketones (excluding diaryl/α,β-unsaturated/α-hetero) is 3. The molecule has 0 spiro atoms. The van der Waals surface area contributed by atoms with Crippen molar-refractivity contribution in [2.24, 2.45) is 76.4 Å². The summed E-state index contributed by atoms with van der Waals surface area (Å²) in [6, 6.07) is 0. The van der Waals surface area contributed by atoms with Gasteiger partial charge in [-0.3, -0.25) is 14.4 Å². The number of hydrogen-bond acceptors (Lipinski definition) is 5. The number of carbonyl (C=O) groups is 3. The Morgan fingerprint density at radius 2 is 1.25 bits per heavy atom. The van der Waals surface area contributed by atoms with Crippen molar-refractivity contribution < 1.29 is 24.6 Å². The highest BCUT2D eigenvalue weighted by molar-refractivity contribution is 5.98. The molecule has 0 aromatic heterocycles. The zero-order chi connectivity index (χ0) is 28.9. The van der Waals surface area contributed by atoms with Crippen LogP contribution < -0.4 is 0 Å². The van der Waals surface area contributed by atoms with Gasteiger partial charge in [0.2, 0.25) is 0 Å². The average Bonchev–Trinajstić information content (AvgIpc) is 3.29. The van der Waals surface area contributed by atoms with Crippen molar-refractivity contribution in [3.8, 4) is 0 Å². The molecule has 13 atom stereocenters. The Kier molecular flexibility index (Phi) is 6.15. The van der Waals surface area contributed by atoms with Gasteiger partial charge in [-0.05, 0) is 56.3 Å². The topological polar surface area (TPSA) is 91.7 Å². The molecule has 4 fully saturated rings. The van der Waals surface area contributed by atoms with Crippen LogP contribution in [-0.4, -0.2) is 38.8 Å². The molecular weight excluding hydrogens is 500 g/mol. The van der Waals surface area contributed by atoms with Crippen LogP contribution in [0.2, 0.25) is 0 Å². The summed E-state index contributed by atoms with van der Waals surface area (Å²) in [5, 5.41) is 21.3. The summed E-state index contributed by atoms with van der Waals surface area (Å²) in [4.78, 5) is 43.1. The number of hydrogen-bond donors (Lipinski definition) is 2. The van der Waals surface area contributed by atoms with Gasteiger partial charge in [0.25, 0.3) is 0 Å². The molecule has 6 aliphatic carbocycles. The van der Waals surface area contributed by atoms with Crippen molar-refractivity contribution >= 4 is 17.3 Å². The van der Waals surface area contributed by atoms with Gasteiger partial charge in [0.15, 0.2) is 0 Å². The third-order valence-corrected chi connectivity index (χ3v) is 10.8. The quantitative estimate of drug-likeness (QED) is 0.505. The third-order valence-electron chi connectivity index (χ3n) is 10.8. The second kappa shape index (κ2) is 8.93. The number of ketones is 3. The van der Waals surface area contributed by atoms with Gasteiger partial charge in [-0.2, -0.15) is 0 Å². The van der Waals surface area contributed by atoms with Crippen LogP contribution in [0, 0.1) is 76.4 Å². The Bertz CT molecular complexity index is 1270. The first kappa shape index (κ1) is 27.5. The van der Waals surface area contributed by atoms with Crippen LogP contribution in [0.5, 0.6) is 0 Å². The standard InChI is InChI=1S/C35H42O5/c1-7-18-19(10-15-34(4,5)39)24-27(30(18)36)25-20-8-13-33(2,3)14-9-22(20)31(37)29(25)26-21-11-16-35(6,40)17-12-23(21)32(38)28(24)26/h7-29,39-40H,1H2,2-6H3/b15-10-. The molecule has 5 nitrogen and oxygen atoms in total. The molecule has 0 aromatic rings. The van der Waals surface area contributed by atoms with E-state index in [1.54, 1.807) is 45.1 Å². The lowest BCUT2D eigenvalue weighted by Crippen LogP contribution is -2.49. The van der Waals surface area contributed by atoms with Gasteiger partial charge in [0, 0.05) is 40.9 Å². The first-order valence-corrected chi connectivity index (χ1v) is 14.8. The van der Waals surface area contributed by atoms with E-state index in [1.807, 2.05) is 24.3 Å². The molecule has 0 heterocycles. The molecule has 0 amide bonds. The SMILES string of the molecule is C=CC1C(=O)C2C3C4C=CC(C)(C)C=CC4C(=O)C3C3C4C=CC(C)(O)C=CC4C(=O)C3C2C1/C=C\C(C)(C)O. The molecule has 212 valence electrons. The average molecular weight is 543 g/mol. The minimum absolute atomic E-state index is 0.0633. The Hall–Kier alpha value is -2.63. The van der Waals surface area contributed by atoms with E-state index in [4.69, 9.17) is 0 Å². The molecule has 0 aliphatic heterocycles. The van der Waals surface area contributed by atoms with E-state index in [2.05, 4.69) is 38.7 Å². The van der Waals surface area contributed by atoms with E-state index in [0.717, 1.165) is 0 Å². The minimum atomic E-state index is -1.16. The molecule has 4 saturated carbocycles. The number of carbonyl (C=O) groups excluding carboxylic acids is 3. The molecule has 6 rings (SSSR count). The van der Waals surface area contributed by atoms with Crippen molar-refractivity contribution in [2.75, 3.05) is 0 Å². The maximum atomic E-state index is 14.4. The highest BCUT2D eigenvalue weighted by Gasteiger charge is 2.71. The van der Waals surface area contributed by atoms with Crippen molar-refractivity contribution in [1.29, 1.82) is 0 Å². The first-order chi connectivity index (χ1) is 18.7. The predicted molar refractivity (Wildman–Crippen MR) is 154 cm³/mol. The summed E-state index contributed by atoms with van der Waals surface area (Å²) in [7, 11) is 0. The van der Waals surface area contributed by atoms with Gasteiger partial charge in [0.05, 0.1) is 11.2 Å². The van der Waals surface area contributed by atoms with Gasteiger partial charge >= 0.3 is 0 Å². The van der Waals surface area contributed by atoms with E-state index in [1.165, 1.54) is 0 Å². The molecule has 6 aliphatic rings. The van der Waals surface area contributed by atoms with Gasteiger partial charge in [-0.1, -0.05) is 80.7 Å². The summed E-state index contributed by atoms with van der Waals surface area (Å²) in [6.45, 7) is 13.3. The Morgan fingerprint density at radius 1 is 0.775 bits per heavy atom. The molecule has 0 bridgehead atoms. The second-order valence-electron chi connectivity index (χ2n) is 14.6. The second-order valence-corrected chi connectivity index (χ2v) is 14.6. The van der Waals surface area contributed by atoms with Gasteiger partial charge in [0.1, 0.15) is 17.3 Å². The van der Waals surface area contributed by atoms with Crippen LogP contribution in [0.3, 0.4) is 0 Å². The van der Waals surface area contributed by atoms with Crippen molar-refractivity contribution in [1.82, 2.24) is 0 Å². The van der Waals surface area contributed by atoms with Crippen LogP contribution in [0.15, 0.2) is 73.4 Å². The summed E-state index contributed by atoms with van der Waals surface area (Å²) in [5.41, 5.74) is -2.41. The molecular formula is C35H42O5. The molecule has 40 heavy (non-hydrogen) atoms. The van der Waals surface area contributed by atoms with E-state index in [9.17, 15) is 24.6 Å². The van der Waals surface area contributed by atoms with Gasteiger partial charge < -0.3 is 10.2 Å². The maximum absolute atomic E-state index is 14.4. The highest BCUT2D eigenvalue weighted by atomic mass is 16.3. The van der Waals surface area contributed by atoms with Crippen LogP contribution in [0.1, 0.15) is 34.6 Å². The summed E-state index contributed by atoms with van der Waals surface area (Å²) in [6.07, 6.45) is 21.1. The lowest BCUT2D eigenvalue weighted by atomic mass is 9.55. The van der Waals surface area contributed by atoms with E-state index >= 15 is 0 Å². The van der Waals surface area contributed by atoms with Crippen molar-refractivity contribution in [3.63, 3.8) is 0 Å². The molecule has 5 heteroatoms. The lowest BCUT2D eigenvalue weighted by molar-refractivity contribution is -0.137. The Morgan fingerprint density at radius 3 is 1.82 bits per heavy atom. The molecule has 0 radical (unpaired) electrons. The van der Waals surface area contributed by atoms with Crippen molar-refractivity contribution in [2.45, 2.75) is 45.8 Å². The van der Waals surface area contributed by atoms with Crippen molar-refractivity contribution in [3.05, 3.63) is 73.4 Å². The first-order valence-electron chi connectivity index (χ1n) is 14.8. The van der Waals surface area contributed by atoms with E-state index in [0.29, 0.717) is 0 Å². The number of aliphatic hydroxyl groups is 2. The smallest absolute Gasteiger partial charge is 0.144 e. The molecule has 0 aromatic carbocycles.